The number of carbonyl (C=O) groups excluding carboxylic acids is 2. The normalized spacial score (nSPS) is 10.3. The number of hydrogen-bond donors (Lipinski definition) is 2. The van der Waals surface area contributed by atoms with Gasteiger partial charge in [-0.25, -0.2) is 0 Å². The Morgan fingerprint density at radius 1 is 0.741 bits per heavy atom. The third-order valence-corrected chi connectivity index (χ3v) is 4.39. The minimum absolute atomic E-state index is 0.279. The van der Waals surface area contributed by atoms with Crippen LogP contribution >= 0.6 is 23.2 Å². The summed E-state index contributed by atoms with van der Waals surface area (Å²) in [6.07, 6.45) is 0. The summed E-state index contributed by atoms with van der Waals surface area (Å²) in [6, 6.07) is 18.7. The van der Waals surface area contributed by atoms with E-state index in [4.69, 9.17) is 23.2 Å². The molecule has 0 atom stereocenters. The van der Waals surface area contributed by atoms with Crippen LogP contribution in [0.15, 0.2) is 66.7 Å². The van der Waals surface area contributed by atoms with Crippen molar-refractivity contribution in [2.75, 3.05) is 10.6 Å². The van der Waals surface area contributed by atoms with E-state index in [9.17, 15) is 9.59 Å². The van der Waals surface area contributed by atoms with Crippen molar-refractivity contribution in [1.82, 2.24) is 0 Å². The minimum Gasteiger partial charge on any atom is -0.322 e. The van der Waals surface area contributed by atoms with Crippen molar-refractivity contribution in [3.05, 3.63) is 93.5 Å². The molecule has 4 nitrogen and oxygen atoms in total. The van der Waals surface area contributed by atoms with Gasteiger partial charge < -0.3 is 10.6 Å². The van der Waals surface area contributed by atoms with Crippen LogP contribution in [0.25, 0.3) is 0 Å². The first-order valence-corrected chi connectivity index (χ1v) is 8.92. The van der Waals surface area contributed by atoms with Crippen LogP contribution in [0, 0.1) is 6.92 Å². The smallest absolute Gasteiger partial charge is 0.255 e. The van der Waals surface area contributed by atoms with Crippen LogP contribution in [0.1, 0.15) is 26.3 Å². The van der Waals surface area contributed by atoms with Crippen molar-refractivity contribution >= 4 is 46.4 Å². The summed E-state index contributed by atoms with van der Waals surface area (Å²) < 4.78 is 0. The minimum atomic E-state index is -0.284. The molecule has 136 valence electrons. The fourth-order valence-electron chi connectivity index (χ4n) is 2.49. The molecule has 0 saturated carbocycles. The largest absolute Gasteiger partial charge is 0.322 e. The van der Waals surface area contributed by atoms with Gasteiger partial charge in [-0.1, -0.05) is 41.4 Å². The topological polar surface area (TPSA) is 58.2 Å². The number of hydrogen-bond acceptors (Lipinski definition) is 2. The van der Waals surface area contributed by atoms with Gasteiger partial charge in [0.2, 0.25) is 0 Å². The highest BCUT2D eigenvalue weighted by Crippen LogP contribution is 2.22. The molecule has 2 N–H and O–H groups in total. The Balaban J connectivity index is 1.78. The van der Waals surface area contributed by atoms with Crippen LogP contribution in [-0.4, -0.2) is 11.8 Å². The number of carbonyl (C=O) groups is 2. The molecular weight excluding hydrogens is 383 g/mol. The van der Waals surface area contributed by atoms with Gasteiger partial charge in [-0.05, 0) is 61.0 Å². The van der Waals surface area contributed by atoms with Crippen LogP contribution in [0.5, 0.6) is 0 Å². The molecular formula is C21H16Cl2N2O2. The molecule has 0 spiro atoms. The first-order chi connectivity index (χ1) is 12.9. The quantitative estimate of drug-likeness (QED) is 0.582. The van der Waals surface area contributed by atoms with Gasteiger partial charge in [0.25, 0.3) is 11.8 Å². The Morgan fingerprint density at radius 3 is 1.85 bits per heavy atom. The molecule has 0 aromatic heterocycles. The number of rotatable bonds is 4. The zero-order chi connectivity index (χ0) is 19.4. The Bertz CT molecular complexity index is 1020. The summed E-state index contributed by atoms with van der Waals surface area (Å²) in [4.78, 5) is 24.8. The third kappa shape index (κ3) is 4.88. The van der Waals surface area contributed by atoms with Gasteiger partial charge in [0.15, 0.2) is 0 Å². The number of benzene rings is 3. The van der Waals surface area contributed by atoms with Gasteiger partial charge in [0, 0.05) is 32.5 Å². The maximum absolute atomic E-state index is 12.4. The highest BCUT2D eigenvalue weighted by molar-refractivity contribution is 6.31. The summed E-state index contributed by atoms with van der Waals surface area (Å²) in [6.45, 7) is 1.87. The van der Waals surface area contributed by atoms with Crippen LogP contribution in [0.4, 0.5) is 11.4 Å². The number of anilines is 2. The van der Waals surface area contributed by atoms with Crippen LogP contribution in [0.2, 0.25) is 10.0 Å². The first-order valence-electron chi connectivity index (χ1n) is 8.17. The number of aryl methyl sites for hydroxylation is 1. The molecule has 3 aromatic rings. The van der Waals surface area contributed by atoms with Gasteiger partial charge in [0.05, 0.1) is 0 Å². The molecule has 3 rings (SSSR count). The lowest BCUT2D eigenvalue weighted by Gasteiger charge is -2.12. The van der Waals surface area contributed by atoms with E-state index in [-0.39, 0.29) is 11.8 Å². The second-order valence-electron chi connectivity index (χ2n) is 5.96. The molecule has 0 aliphatic carbocycles. The van der Waals surface area contributed by atoms with E-state index in [2.05, 4.69) is 10.6 Å². The zero-order valence-electron chi connectivity index (χ0n) is 14.4. The molecule has 27 heavy (non-hydrogen) atoms. The van der Waals surface area contributed by atoms with E-state index in [0.29, 0.717) is 32.5 Å². The summed E-state index contributed by atoms with van der Waals surface area (Å²) >= 11 is 11.9. The van der Waals surface area contributed by atoms with Crippen molar-refractivity contribution in [2.24, 2.45) is 0 Å². The average Bonchev–Trinajstić information content (AvgIpc) is 2.64. The zero-order valence-corrected chi connectivity index (χ0v) is 15.9. The lowest BCUT2D eigenvalue weighted by atomic mass is 10.1. The van der Waals surface area contributed by atoms with Crippen LogP contribution in [-0.2, 0) is 0 Å². The Labute approximate surface area is 167 Å². The van der Waals surface area contributed by atoms with Crippen molar-refractivity contribution in [3.63, 3.8) is 0 Å². The maximum Gasteiger partial charge on any atom is 0.255 e. The van der Waals surface area contributed by atoms with E-state index in [1.165, 1.54) is 0 Å². The summed E-state index contributed by atoms with van der Waals surface area (Å²) in [7, 11) is 0. The summed E-state index contributed by atoms with van der Waals surface area (Å²) in [5, 5.41) is 6.63. The molecule has 6 heteroatoms. The van der Waals surface area contributed by atoms with E-state index in [1.807, 2.05) is 13.0 Å². The van der Waals surface area contributed by atoms with Crippen molar-refractivity contribution in [3.8, 4) is 0 Å². The van der Waals surface area contributed by atoms with E-state index in [1.54, 1.807) is 60.7 Å². The van der Waals surface area contributed by atoms with E-state index >= 15 is 0 Å². The van der Waals surface area contributed by atoms with Crippen molar-refractivity contribution in [1.29, 1.82) is 0 Å². The molecule has 3 aromatic carbocycles. The Hall–Kier alpha value is -2.82. The third-order valence-electron chi connectivity index (χ3n) is 3.92. The van der Waals surface area contributed by atoms with Gasteiger partial charge in [-0.15, -0.1) is 0 Å². The van der Waals surface area contributed by atoms with E-state index in [0.717, 1.165) is 5.56 Å². The molecule has 0 fully saturated rings. The molecule has 0 radical (unpaired) electrons. The predicted octanol–water partition coefficient (Wildman–Crippen LogP) is 5.81. The molecule has 0 heterocycles. The lowest BCUT2D eigenvalue weighted by Crippen LogP contribution is -2.14. The fraction of sp³-hybridized carbons (Fsp3) is 0.0476. The van der Waals surface area contributed by atoms with Crippen LogP contribution in [0.3, 0.4) is 0 Å². The molecule has 2 amide bonds. The van der Waals surface area contributed by atoms with Gasteiger partial charge in [-0.3, -0.25) is 9.59 Å². The molecule has 0 saturated heterocycles. The summed E-state index contributed by atoms with van der Waals surface area (Å²) in [5.74, 6) is -0.563. The second-order valence-corrected chi connectivity index (χ2v) is 6.83. The Morgan fingerprint density at radius 2 is 1.30 bits per heavy atom. The second kappa shape index (κ2) is 8.25. The van der Waals surface area contributed by atoms with Crippen LogP contribution < -0.4 is 10.6 Å². The van der Waals surface area contributed by atoms with E-state index < -0.39 is 0 Å². The lowest BCUT2D eigenvalue weighted by molar-refractivity contribution is 0.101. The van der Waals surface area contributed by atoms with Gasteiger partial charge in [-0.2, -0.15) is 0 Å². The van der Waals surface area contributed by atoms with Gasteiger partial charge >= 0.3 is 0 Å². The van der Waals surface area contributed by atoms with Crippen molar-refractivity contribution in [2.45, 2.75) is 6.92 Å². The highest BCUT2D eigenvalue weighted by atomic mass is 35.5. The first kappa shape index (κ1) is 19.0. The Kier molecular flexibility index (Phi) is 5.79. The SMILES string of the molecule is Cc1ccc(NC(=O)c2cccc(Cl)c2)cc1NC(=O)c1cccc(Cl)c1. The molecule has 0 unspecified atom stereocenters. The standard InChI is InChI=1S/C21H16Cl2N2O2/c1-13-8-9-18(24-20(26)14-4-2-6-16(22)10-14)12-19(13)25-21(27)15-5-3-7-17(23)11-15/h2-12H,1H3,(H,24,26)(H,25,27). The predicted molar refractivity (Wildman–Crippen MR) is 110 cm³/mol. The molecule has 0 bridgehead atoms. The maximum atomic E-state index is 12.4. The fourth-order valence-corrected chi connectivity index (χ4v) is 2.87. The number of amides is 2. The number of halogens is 2. The molecule has 0 aliphatic heterocycles. The number of nitrogens with one attached hydrogen (secondary N) is 2. The monoisotopic (exact) mass is 398 g/mol. The summed E-state index contributed by atoms with van der Waals surface area (Å²) in [5.41, 5.74) is 2.94. The average molecular weight is 399 g/mol. The molecule has 0 aliphatic rings. The van der Waals surface area contributed by atoms with Crippen molar-refractivity contribution < 1.29 is 9.59 Å². The highest BCUT2D eigenvalue weighted by Gasteiger charge is 2.11. The van der Waals surface area contributed by atoms with Gasteiger partial charge in [0.1, 0.15) is 0 Å².